The van der Waals surface area contributed by atoms with Gasteiger partial charge < -0.3 is 14.4 Å². The fourth-order valence-corrected chi connectivity index (χ4v) is 6.44. The summed E-state index contributed by atoms with van der Waals surface area (Å²) in [6, 6.07) is 8.69. The molecule has 1 aromatic carbocycles. The van der Waals surface area contributed by atoms with Crippen LogP contribution in [0.2, 0.25) is 0 Å². The minimum absolute atomic E-state index is 0.0220. The van der Waals surface area contributed by atoms with Crippen LogP contribution in [-0.4, -0.2) is 52.0 Å². The molecule has 1 aromatic heterocycles. The number of hydrogen-bond acceptors (Lipinski definition) is 5. The van der Waals surface area contributed by atoms with Crippen molar-refractivity contribution in [2.24, 2.45) is 0 Å². The lowest BCUT2D eigenvalue weighted by Crippen LogP contribution is -2.45. The molecule has 0 unspecified atom stereocenters. The molecular weight excluding hydrogens is 412 g/mol. The summed E-state index contributed by atoms with van der Waals surface area (Å²) in [7, 11) is 0. The average Bonchev–Trinajstić information content (AvgIpc) is 3.29. The lowest BCUT2D eigenvalue weighted by Gasteiger charge is -2.39. The van der Waals surface area contributed by atoms with Crippen LogP contribution in [0.3, 0.4) is 0 Å². The maximum absolute atomic E-state index is 13.8. The first-order chi connectivity index (χ1) is 16.1. The van der Waals surface area contributed by atoms with E-state index in [0.717, 1.165) is 56.4 Å². The van der Waals surface area contributed by atoms with Gasteiger partial charge in [-0.3, -0.25) is 9.59 Å². The van der Waals surface area contributed by atoms with Gasteiger partial charge in [0.1, 0.15) is 0 Å². The molecule has 3 aliphatic rings. The molecule has 2 aliphatic heterocycles. The second kappa shape index (κ2) is 9.96. The van der Waals surface area contributed by atoms with Gasteiger partial charge in [-0.2, -0.15) is 0 Å². The van der Waals surface area contributed by atoms with Crippen LogP contribution in [0.15, 0.2) is 29.1 Å². The van der Waals surface area contributed by atoms with Gasteiger partial charge >= 0.3 is 0 Å². The number of nitrogens with zero attached hydrogens (tertiary/aromatic N) is 4. The molecule has 0 bridgehead atoms. The minimum atomic E-state index is -0.221. The fraction of sp³-hybridized carbons (Fsp3) is 0.667. The SMILES string of the molecule is CC(=O)[C@@H]1CCCN1c1nc2ccccc2n(C2CCN(C3CCCCCCC3)CC2)c1=O. The topological polar surface area (TPSA) is 58.4 Å². The van der Waals surface area contributed by atoms with Crippen LogP contribution < -0.4 is 10.5 Å². The summed E-state index contributed by atoms with van der Waals surface area (Å²) in [4.78, 5) is 35.5. The van der Waals surface area contributed by atoms with E-state index < -0.39 is 0 Å². The molecule has 178 valence electrons. The van der Waals surface area contributed by atoms with Crippen molar-refractivity contribution in [2.45, 2.75) is 95.7 Å². The molecule has 1 atom stereocenters. The van der Waals surface area contributed by atoms with Crippen LogP contribution in [0, 0.1) is 0 Å². The number of aromatic nitrogens is 2. The Kier molecular flexibility index (Phi) is 6.81. The van der Waals surface area contributed by atoms with Crippen molar-refractivity contribution in [1.82, 2.24) is 14.5 Å². The van der Waals surface area contributed by atoms with Crippen molar-refractivity contribution in [3.05, 3.63) is 34.6 Å². The zero-order valence-electron chi connectivity index (χ0n) is 20.0. The normalized spacial score (nSPS) is 24.2. The van der Waals surface area contributed by atoms with Crippen LogP contribution in [0.1, 0.15) is 83.6 Å². The Balaban J connectivity index is 1.43. The van der Waals surface area contributed by atoms with Crippen molar-refractivity contribution in [3.8, 4) is 0 Å². The van der Waals surface area contributed by atoms with Gasteiger partial charge in [0.2, 0.25) is 0 Å². The van der Waals surface area contributed by atoms with Crippen LogP contribution in [0.25, 0.3) is 11.0 Å². The summed E-state index contributed by atoms with van der Waals surface area (Å²) >= 11 is 0. The highest BCUT2D eigenvalue weighted by atomic mass is 16.1. The van der Waals surface area contributed by atoms with Crippen molar-refractivity contribution in [3.63, 3.8) is 0 Å². The minimum Gasteiger partial charge on any atom is -0.342 e. The molecule has 2 saturated heterocycles. The molecule has 33 heavy (non-hydrogen) atoms. The van der Waals surface area contributed by atoms with Crippen molar-refractivity contribution in [2.75, 3.05) is 24.5 Å². The Morgan fingerprint density at radius 3 is 2.27 bits per heavy atom. The van der Waals surface area contributed by atoms with Crippen LogP contribution in [0.4, 0.5) is 5.82 Å². The lowest BCUT2D eigenvalue weighted by atomic mass is 9.93. The molecule has 6 nitrogen and oxygen atoms in total. The number of likely N-dealkylation sites (tertiary alicyclic amines) is 1. The third-order valence-corrected chi connectivity index (χ3v) is 8.23. The second-order valence-corrected chi connectivity index (χ2v) is 10.3. The molecule has 2 aromatic rings. The number of benzene rings is 1. The largest absolute Gasteiger partial charge is 0.342 e. The Bertz CT molecular complexity index is 1030. The third-order valence-electron chi connectivity index (χ3n) is 8.23. The molecular formula is C27H38N4O2. The highest BCUT2D eigenvalue weighted by molar-refractivity contribution is 5.86. The Morgan fingerprint density at radius 1 is 0.848 bits per heavy atom. The first-order valence-corrected chi connectivity index (χ1v) is 13.2. The molecule has 0 spiro atoms. The number of anilines is 1. The number of Topliss-reactive ketones (excluding diaryl/α,β-unsaturated/α-hetero) is 1. The fourth-order valence-electron chi connectivity index (χ4n) is 6.44. The Hall–Kier alpha value is -2.21. The van der Waals surface area contributed by atoms with Gasteiger partial charge in [-0.1, -0.05) is 44.2 Å². The van der Waals surface area contributed by atoms with Gasteiger partial charge in [0.15, 0.2) is 11.6 Å². The molecule has 1 saturated carbocycles. The molecule has 0 amide bonds. The molecule has 3 fully saturated rings. The molecule has 0 N–H and O–H groups in total. The average molecular weight is 451 g/mol. The zero-order valence-corrected chi connectivity index (χ0v) is 20.0. The first-order valence-electron chi connectivity index (χ1n) is 13.2. The number of piperidine rings is 1. The summed E-state index contributed by atoms with van der Waals surface area (Å²) in [5.41, 5.74) is 1.75. The zero-order chi connectivity index (χ0) is 22.8. The number of hydrogen-bond donors (Lipinski definition) is 0. The maximum atomic E-state index is 13.8. The number of rotatable bonds is 4. The highest BCUT2D eigenvalue weighted by Gasteiger charge is 2.33. The predicted octanol–water partition coefficient (Wildman–Crippen LogP) is 4.70. The summed E-state index contributed by atoms with van der Waals surface area (Å²) in [5.74, 6) is 0.592. The maximum Gasteiger partial charge on any atom is 0.294 e. The van der Waals surface area contributed by atoms with Gasteiger partial charge in [0, 0.05) is 31.7 Å². The monoisotopic (exact) mass is 450 g/mol. The summed E-state index contributed by atoms with van der Waals surface area (Å²) < 4.78 is 2.02. The summed E-state index contributed by atoms with van der Waals surface area (Å²) in [6.45, 7) is 4.49. The van der Waals surface area contributed by atoms with Gasteiger partial charge in [-0.05, 0) is 57.6 Å². The predicted molar refractivity (Wildman–Crippen MR) is 133 cm³/mol. The van der Waals surface area contributed by atoms with Crippen molar-refractivity contribution >= 4 is 22.6 Å². The van der Waals surface area contributed by atoms with E-state index in [1.165, 1.54) is 44.9 Å². The molecule has 0 radical (unpaired) electrons. The first kappa shape index (κ1) is 22.6. The lowest BCUT2D eigenvalue weighted by molar-refractivity contribution is -0.118. The number of para-hydroxylation sites is 2. The van der Waals surface area contributed by atoms with Gasteiger partial charge in [0.05, 0.1) is 17.1 Å². The van der Waals surface area contributed by atoms with Gasteiger partial charge in [-0.15, -0.1) is 0 Å². The van der Waals surface area contributed by atoms with E-state index in [-0.39, 0.29) is 23.4 Å². The van der Waals surface area contributed by atoms with Crippen molar-refractivity contribution in [1.29, 1.82) is 0 Å². The Labute approximate surface area is 197 Å². The van der Waals surface area contributed by atoms with E-state index in [1.54, 1.807) is 6.92 Å². The number of carbonyl (C=O) groups excluding carboxylic acids is 1. The number of fused-ring (bicyclic) bond motifs is 1. The van der Waals surface area contributed by atoms with E-state index in [0.29, 0.717) is 11.9 Å². The van der Waals surface area contributed by atoms with E-state index in [4.69, 9.17) is 4.98 Å². The Morgan fingerprint density at radius 2 is 1.55 bits per heavy atom. The second-order valence-electron chi connectivity index (χ2n) is 10.3. The van der Waals surface area contributed by atoms with Gasteiger partial charge in [0.25, 0.3) is 5.56 Å². The standard InChI is InChI=1S/C27H38N4O2/c1-20(32)24-14-9-17-30(24)26-27(33)31(25-13-8-7-12-23(25)28-26)22-15-18-29(19-16-22)21-10-5-3-2-4-6-11-21/h7-8,12-13,21-22,24H,2-6,9-11,14-19H2,1H3/t24-/m0/s1. The molecule has 3 heterocycles. The van der Waals surface area contributed by atoms with E-state index in [9.17, 15) is 9.59 Å². The van der Waals surface area contributed by atoms with Crippen LogP contribution >= 0.6 is 0 Å². The number of ketones is 1. The van der Waals surface area contributed by atoms with E-state index in [1.807, 2.05) is 33.7 Å². The van der Waals surface area contributed by atoms with Crippen LogP contribution in [-0.2, 0) is 4.79 Å². The molecule has 6 heteroatoms. The quantitative estimate of drug-likeness (QED) is 0.676. The van der Waals surface area contributed by atoms with E-state index in [2.05, 4.69) is 4.90 Å². The summed E-state index contributed by atoms with van der Waals surface area (Å²) in [5, 5.41) is 0. The molecule has 5 rings (SSSR count). The van der Waals surface area contributed by atoms with E-state index >= 15 is 0 Å². The van der Waals surface area contributed by atoms with Crippen LogP contribution in [0.5, 0.6) is 0 Å². The third kappa shape index (κ3) is 4.59. The number of carbonyl (C=O) groups is 1. The van der Waals surface area contributed by atoms with Crippen molar-refractivity contribution < 1.29 is 4.79 Å². The highest BCUT2D eigenvalue weighted by Crippen LogP contribution is 2.31. The van der Waals surface area contributed by atoms with Gasteiger partial charge in [-0.25, -0.2) is 4.98 Å². The summed E-state index contributed by atoms with van der Waals surface area (Å²) in [6.07, 6.45) is 13.3. The molecule has 1 aliphatic carbocycles. The smallest absolute Gasteiger partial charge is 0.294 e.